The summed E-state index contributed by atoms with van der Waals surface area (Å²) in [5.74, 6) is -0.671. The highest BCUT2D eigenvalue weighted by molar-refractivity contribution is 5.88. The van der Waals surface area contributed by atoms with Crippen molar-refractivity contribution in [1.82, 2.24) is 20.0 Å². The molecule has 5 atom stereocenters. The lowest BCUT2D eigenvalue weighted by atomic mass is 10.0. The number of carbonyl (C=O) groups excluding carboxylic acids is 3. The lowest BCUT2D eigenvalue weighted by Gasteiger charge is -2.40. The van der Waals surface area contributed by atoms with Crippen LogP contribution in [0, 0.1) is 17.1 Å². The van der Waals surface area contributed by atoms with Crippen molar-refractivity contribution >= 4 is 17.9 Å². The van der Waals surface area contributed by atoms with Gasteiger partial charge in [-0.25, -0.2) is 9.18 Å². The van der Waals surface area contributed by atoms with Crippen molar-refractivity contribution in [3.05, 3.63) is 35.6 Å². The van der Waals surface area contributed by atoms with Gasteiger partial charge >= 0.3 is 6.09 Å². The number of nitrogens with zero attached hydrogens (tertiary/aromatic N) is 4. The van der Waals surface area contributed by atoms with Crippen LogP contribution in [0.2, 0.25) is 0 Å². The molecule has 0 spiro atoms. The molecule has 200 valence electrons. The smallest absolute Gasteiger partial charge is 0.408 e. The molecule has 1 aromatic rings. The van der Waals surface area contributed by atoms with E-state index in [0.717, 1.165) is 12.0 Å². The zero-order chi connectivity index (χ0) is 26.9. The van der Waals surface area contributed by atoms with Crippen LogP contribution in [0.25, 0.3) is 0 Å². The van der Waals surface area contributed by atoms with E-state index in [9.17, 15) is 24.0 Å². The molecule has 1 aromatic carbocycles. The fourth-order valence-electron chi connectivity index (χ4n) is 5.81. The van der Waals surface area contributed by atoms with Gasteiger partial charge in [-0.1, -0.05) is 19.1 Å². The SMILES string of the molecule is CC[C@@H](c1ccc(F)cc1)N1C(=O)[C@H]2C[C@@H]1CN2C[C@H](NC(=O)OC(C)(C)C)C(=O)N1CCC[C@H]1C#N. The van der Waals surface area contributed by atoms with Gasteiger partial charge in [0, 0.05) is 25.7 Å². The average molecular weight is 514 g/mol. The Morgan fingerprint density at radius 3 is 2.57 bits per heavy atom. The molecule has 3 saturated heterocycles. The van der Waals surface area contributed by atoms with E-state index in [0.29, 0.717) is 32.4 Å². The first-order valence-electron chi connectivity index (χ1n) is 13.0. The minimum absolute atomic E-state index is 0.0213. The summed E-state index contributed by atoms with van der Waals surface area (Å²) in [5, 5.41) is 12.2. The normalized spacial score (nSPS) is 25.2. The van der Waals surface area contributed by atoms with E-state index in [-0.39, 0.29) is 36.3 Å². The summed E-state index contributed by atoms with van der Waals surface area (Å²) >= 11 is 0. The van der Waals surface area contributed by atoms with Crippen molar-refractivity contribution in [1.29, 1.82) is 5.26 Å². The molecule has 0 aromatic heterocycles. The minimum Gasteiger partial charge on any atom is -0.444 e. The predicted molar refractivity (Wildman–Crippen MR) is 134 cm³/mol. The Balaban J connectivity index is 1.49. The number of rotatable bonds is 7. The maximum Gasteiger partial charge on any atom is 0.408 e. The highest BCUT2D eigenvalue weighted by Crippen LogP contribution is 2.39. The van der Waals surface area contributed by atoms with E-state index < -0.39 is 29.8 Å². The topological polar surface area (TPSA) is 106 Å². The van der Waals surface area contributed by atoms with Gasteiger partial charge in [0.1, 0.15) is 23.5 Å². The van der Waals surface area contributed by atoms with E-state index >= 15 is 0 Å². The molecule has 0 aliphatic carbocycles. The van der Waals surface area contributed by atoms with Crippen LogP contribution < -0.4 is 5.32 Å². The molecule has 0 saturated carbocycles. The Morgan fingerprint density at radius 2 is 1.97 bits per heavy atom. The lowest BCUT2D eigenvalue weighted by molar-refractivity contribution is -0.141. The summed E-state index contributed by atoms with van der Waals surface area (Å²) in [4.78, 5) is 45.0. The number of piperazine rings is 1. The molecule has 3 amide bonds. The standard InChI is InChI=1S/C27H36FN5O4/c1-5-22(17-8-10-18(28)11-9-17)33-20-13-23(25(33)35)31(15-20)16-21(30-26(36)37-27(2,3)4)24(34)32-12-6-7-19(32)14-29/h8-11,19-23H,5-7,12-13,15-16H2,1-4H3,(H,30,36)/t19-,20+,21-,22-,23+/m0/s1. The number of benzene rings is 1. The first-order valence-corrected chi connectivity index (χ1v) is 13.0. The fourth-order valence-corrected chi connectivity index (χ4v) is 5.81. The molecule has 9 nitrogen and oxygen atoms in total. The number of ether oxygens (including phenoxy) is 1. The largest absolute Gasteiger partial charge is 0.444 e. The van der Waals surface area contributed by atoms with Crippen molar-refractivity contribution in [2.75, 3.05) is 19.6 Å². The number of hydrogen-bond acceptors (Lipinski definition) is 6. The Labute approximate surface area is 217 Å². The van der Waals surface area contributed by atoms with Crippen LogP contribution in [-0.4, -0.2) is 82.0 Å². The molecule has 3 aliphatic rings. The molecule has 3 fully saturated rings. The van der Waals surface area contributed by atoms with Crippen LogP contribution in [0.5, 0.6) is 0 Å². The summed E-state index contributed by atoms with van der Waals surface area (Å²) in [6.07, 6.45) is 1.96. The van der Waals surface area contributed by atoms with Gasteiger partial charge in [-0.2, -0.15) is 5.26 Å². The second-order valence-electron chi connectivity index (χ2n) is 11.1. The Kier molecular flexibility index (Phi) is 7.74. The van der Waals surface area contributed by atoms with Gasteiger partial charge in [0.25, 0.3) is 0 Å². The summed E-state index contributed by atoms with van der Waals surface area (Å²) in [6, 6.07) is 6.39. The molecule has 3 heterocycles. The van der Waals surface area contributed by atoms with Crippen molar-refractivity contribution in [2.45, 2.75) is 89.2 Å². The number of fused-ring (bicyclic) bond motifs is 2. The van der Waals surface area contributed by atoms with Crippen LogP contribution in [-0.2, 0) is 14.3 Å². The van der Waals surface area contributed by atoms with Crippen LogP contribution in [0.3, 0.4) is 0 Å². The maximum absolute atomic E-state index is 13.5. The zero-order valence-electron chi connectivity index (χ0n) is 21.9. The number of nitriles is 1. The van der Waals surface area contributed by atoms with Gasteiger partial charge in [-0.3, -0.25) is 14.5 Å². The van der Waals surface area contributed by atoms with Crippen molar-refractivity contribution in [3.8, 4) is 6.07 Å². The molecule has 3 aliphatic heterocycles. The van der Waals surface area contributed by atoms with Gasteiger partial charge in [0.05, 0.1) is 18.2 Å². The molecule has 2 bridgehead atoms. The van der Waals surface area contributed by atoms with Crippen LogP contribution in [0.15, 0.2) is 24.3 Å². The van der Waals surface area contributed by atoms with E-state index in [1.54, 1.807) is 32.9 Å². The summed E-state index contributed by atoms with van der Waals surface area (Å²) in [7, 11) is 0. The quantitative estimate of drug-likeness (QED) is 0.601. The number of alkyl carbamates (subject to hydrolysis) is 1. The second kappa shape index (κ2) is 10.7. The third-order valence-electron chi connectivity index (χ3n) is 7.38. The summed E-state index contributed by atoms with van der Waals surface area (Å²) < 4.78 is 18.9. The minimum atomic E-state index is -0.941. The van der Waals surface area contributed by atoms with Crippen LogP contribution >= 0.6 is 0 Å². The molecule has 0 radical (unpaired) electrons. The Bertz CT molecular complexity index is 1070. The number of amides is 3. The van der Waals surface area contributed by atoms with Crippen molar-refractivity contribution in [3.63, 3.8) is 0 Å². The highest BCUT2D eigenvalue weighted by Gasteiger charge is 2.52. The summed E-state index contributed by atoms with van der Waals surface area (Å²) in [6.45, 7) is 8.41. The first kappa shape index (κ1) is 26.9. The van der Waals surface area contributed by atoms with E-state index in [4.69, 9.17) is 4.74 Å². The molecule has 37 heavy (non-hydrogen) atoms. The highest BCUT2D eigenvalue weighted by atomic mass is 19.1. The van der Waals surface area contributed by atoms with Crippen LogP contribution in [0.1, 0.15) is 65.0 Å². The number of carbonyl (C=O) groups is 3. The van der Waals surface area contributed by atoms with Gasteiger partial charge in [-0.05, 0) is 64.2 Å². The zero-order valence-corrected chi connectivity index (χ0v) is 21.9. The lowest BCUT2D eigenvalue weighted by Crippen LogP contribution is -2.59. The monoisotopic (exact) mass is 513 g/mol. The van der Waals surface area contributed by atoms with Gasteiger partial charge in [-0.15, -0.1) is 0 Å². The second-order valence-corrected chi connectivity index (χ2v) is 11.1. The fraction of sp³-hybridized carbons (Fsp3) is 0.630. The predicted octanol–water partition coefficient (Wildman–Crippen LogP) is 2.97. The third kappa shape index (κ3) is 5.72. The van der Waals surface area contributed by atoms with Crippen molar-refractivity contribution < 1.29 is 23.5 Å². The Morgan fingerprint density at radius 1 is 1.27 bits per heavy atom. The molecule has 1 N–H and O–H groups in total. The summed E-state index contributed by atoms with van der Waals surface area (Å²) in [5.41, 5.74) is 0.159. The number of hydrogen-bond donors (Lipinski definition) is 1. The van der Waals surface area contributed by atoms with Crippen molar-refractivity contribution in [2.24, 2.45) is 0 Å². The number of halogens is 1. The van der Waals surface area contributed by atoms with Gasteiger partial charge in [0.15, 0.2) is 0 Å². The molecule has 4 rings (SSSR count). The molecular formula is C27H36FN5O4. The molecule has 10 heteroatoms. The van der Waals surface area contributed by atoms with E-state index in [2.05, 4.69) is 11.4 Å². The van der Waals surface area contributed by atoms with Crippen LogP contribution in [0.4, 0.5) is 9.18 Å². The number of likely N-dealkylation sites (tertiary alicyclic amines) is 3. The molecular weight excluding hydrogens is 477 g/mol. The van der Waals surface area contributed by atoms with Gasteiger partial charge < -0.3 is 19.9 Å². The first-order chi connectivity index (χ1) is 17.5. The van der Waals surface area contributed by atoms with E-state index in [1.165, 1.54) is 17.0 Å². The maximum atomic E-state index is 13.5. The molecule has 0 unspecified atom stereocenters. The van der Waals surface area contributed by atoms with Gasteiger partial charge in [0.2, 0.25) is 11.8 Å². The van der Waals surface area contributed by atoms with E-state index in [1.807, 2.05) is 16.7 Å². The third-order valence-corrected chi connectivity index (χ3v) is 7.38. The average Bonchev–Trinajstić information content (AvgIpc) is 3.54. The number of nitrogens with one attached hydrogen (secondary N) is 1. The Hall–Kier alpha value is -3.19.